The average Bonchev–Trinajstić information content (AvgIpc) is 1.84. The van der Waals surface area contributed by atoms with Crippen molar-refractivity contribution in [3.8, 4) is 0 Å². The van der Waals surface area contributed by atoms with Crippen LogP contribution in [0.5, 0.6) is 0 Å². The van der Waals surface area contributed by atoms with E-state index in [0.717, 1.165) is 19.4 Å². The maximum absolute atomic E-state index is 5.50. The summed E-state index contributed by atoms with van der Waals surface area (Å²) >= 11 is 0. The fourth-order valence-electron chi connectivity index (χ4n) is 1.16. The van der Waals surface area contributed by atoms with Crippen LogP contribution in [0.15, 0.2) is 0 Å². The van der Waals surface area contributed by atoms with Crippen LogP contribution in [0.3, 0.4) is 0 Å². The molecule has 0 fully saturated rings. The van der Waals surface area contributed by atoms with Crippen molar-refractivity contribution in [1.82, 2.24) is 0 Å². The molecule has 0 saturated heterocycles. The van der Waals surface area contributed by atoms with E-state index in [2.05, 4.69) is 27.7 Å². The quantitative estimate of drug-likeness (QED) is 0.609. The van der Waals surface area contributed by atoms with Gasteiger partial charge in [-0.05, 0) is 25.2 Å². The molecule has 0 aliphatic carbocycles. The lowest BCUT2D eigenvalue weighted by Crippen LogP contribution is -2.20. The molecule has 0 aromatic heterocycles. The SMILES string of the molecule is [CH2]CC(CC(C)(C)C)OCC. The molecule has 67 valence electrons. The molecule has 0 heterocycles. The van der Waals surface area contributed by atoms with Gasteiger partial charge in [0.05, 0.1) is 6.10 Å². The molecule has 1 heteroatoms. The van der Waals surface area contributed by atoms with Gasteiger partial charge in [0.2, 0.25) is 0 Å². The summed E-state index contributed by atoms with van der Waals surface area (Å²) in [5, 5.41) is 0. The Hall–Kier alpha value is -0.0400. The van der Waals surface area contributed by atoms with Crippen LogP contribution in [0.2, 0.25) is 0 Å². The molecule has 1 nitrogen and oxygen atoms in total. The summed E-state index contributed by atoms with van der Waals surface area (Å²) in [7, 11) is 0. The van der Waals surface area contributed by atoms with Crippen LogP contribution >= 0.6 is 0 Å². The summed E-state index contributed by atoms with van der Waals surface area (Å²) in [5.41, 5.74) is 0.359. The normalized spacial score (nSPS) is 15.0. The van der Waals surface area contributed by atoms with Crippen LogP contribution < -0.4 is 0 Å². The molecule has 0 saturated carbocycles. The minimum atomic E-state index is 0.347. The van der Waals surface area contributed by atoms with Crippen molar-refractivity contribution >= 4 is 0 Å². The maximum atomic E-state index is 5.50. The summed E-state index contributed by atoms with van der Waals surface area (Å²) in [6.45, 7) is 13.4. The van der Waals surface area contributed by atoms with Crippen molar-refractivity contribution in [1.29, 1.82) is 0 Å². The fraction of sp³-hybridized carbons (Fsp3) is 0.900. The predicted molar refractivity (Wildman–Crippen MR) is 49.5 cm³/mol. The van der Waals surface area contributed by atoms with Gasteiger partial charge >= 0.3 is 0 Å². The monoisotopic (exact) mass is 157 g/mol. The molecule has 0 aromatic carbocycles. The first-order valence-corrected chi connectivity index (χ1v) is 4.40. The van der Waals surface area contributed by atoms with E-state index in [1.807, 2.05) is 6.92 Å². The second kappa shape index (κ2) is 4.76. The Morgan fingerprint density at radius 1 is 1.36 bits per heavy atom. The molecule has 0 aromatic rings. The van der Waals surface area contributed by atoms with Crippen molar-refractivity contribution in [3.63, 3.8) is 0 Å². The Morgan fingerprint density at radius 3 is 2.18 bits per heavy atom. The minimum Gasteiger partial charge on any atom is -0.378 e. The van der Waals surface area contributed by atoms with Crippen molar-refractivity contribution in [2.45, 2.75) is 46.6 Å². The van der Waals surface area contributed by atoms with Crippen molar-refractivity contribution in [3.05, 3.63) is 6.92 Å². The zero-order valence-corrected chi connectivity index (χ0v) is 8.31. The lowest BCUT2D eigenvalue weighted by molar-refractivity contribution is 0.0355. The molecule has 11 heavy (non-hydrogen) atoms. The van der Waals surface area contributed by atoms with Gasteiger partial charge in [0.15, 0.2) is 0 Å². The van der Waals surface area contributed by atoms with Crippen molar-refractivity contribution < 1.29 is 4.74 Å². The summed E-state index contributed by atoms with van der Waals surface area (Å²) in [5.74, 6) is 0. The van der Waals surface area contributed by atoms with Gasteiger partial charge in [-0.25, -0.2) is 0 Å². The Kier molecular flexibility index (Phi) is 4.74. The molecule has 1 atom stereocenters. The molecule has 1 radical (unpaired) electrons. The summed E-state index contributed by atoms with van der Waals surface area (Å²) in [6, 6.07) is 0. The Balaban J connectivity index is 3.68. The van der Waals surface area contributed by atoms with Gasteiger partial charge in [-0.2, -0.15) is 0 Å². The number of rotatable bonds is 4. The Bertz CT molecular complexity index is 91.5. The van der Waals surface area contributed by atoms with E-state index in [4.69, 9.17) is 4.74 Å². The van der Waals surface area contributed by atoms with Gasteiger partial charge in [0.25, 0.3) is 0 Å². The average molecular weight is 157 g/mol. The Labute approximate surface area is 71.1 Å². The molecular weight excluding hydrogens is 136 g/mol. The smallest absolute Gasteiger partial charge is 0.0580 e. The fourth-order valence-corrected chi connectivity index (χ4v) is 1.16. The van der Waals surface area contributed by atoms with E-state index in [9.17, 15) is 0 Å². The van der Waals surface area contributed by atoms with Gasteiger partial charge in [0, 0.05) is 6.61 Å². The molecule has 0 amide bonds. The molecule has 0 rings (SSSR count). The highest BCUT2D eigenvalue weighted by Gasteiger charge is 2.16. The molecule has 0 aliphatic heterocycles. The minimum absolute atomic E-state index is 0.347. The molecular formula is C10H21O. The van der Waals surface area contributed by atoms with Crippen molar-refractivity contribution in [2.75, 3.05) is 6.61 Å². The third kappa shape index (κ3) is 6.36. The lowest BCUT2D eigenvalue weighted by Gasteiger charge is -2.24. The van der Waals surface area contributed by atoms with E-state index in [0.29, 0.717) is 11.5 Å². The van der Waals surface area contributed by atoms with E-state index < -0.39 is 0 Å². The van der Waals surface area contributed by atoms with Crippen LogP contribution in [-0.4, -0.2) is 12.7 Å². The van der Waals surface area contributed by atoms with Crippen LogP contribution in [0, 0.1) is 12.3 Å². The molecule has 0 bridgehead atoms. The third-order valence-corrected chi connectivity index (χ3v) is 1.56. The first-order chi connectivity index (χ1) is 4.99. The van der Waals surface area contributed by atoms with Gasteiger partial charge in [-0.3, -0.25) is 0 Å². The van der Waals surface area contributed by atoms with Crippen LogP contribution in [0.4, 0.5) is 0 Å². The molecule has 0 aliphatic rings. The third-order valence-electron chi connectivity index (χ3n) is 1.56. The summed E-state index contributed by atoms with van der Waals surface area (Å²) < 4.78 is 5.50. The number of ether oxygens (including phenoxy) is 1. The second-order valence-corrected chi connectivity index (χ2v) is 4.13. The standard InChI is InChI=1S/C10H21O/c1-6-9(11-7-2)8-10(3,4)5/h9H,1,6-8H2,2-5H3. The van der Waals surface area contributed by atoms with E-state index in [1.54, 1.807) is 0 Å². The zero-order valence-electron chi connectivity index (χ0n) is 8.31. The molecule has 1 unspecified atom stereocenters. The second-order valence-electron chi connectivity index (χ2n) is 4.13. The van der Waals surface area contributed by atoms with Gasteiger partial charge < -0.3 is 4.74 Å². The molecule has 0 N–H and O–H groups in total. The highest BCUT2D eigenvalue weighted by Crippen LogP contribution is 2.23. The maximum Gasteiger partial charge on any atom is 0.0580 e. The Morgan fingerprint density at radius 2 is 1.91 bits per heavy atom. The highest BCUT2D eigenvalue weighted by molar-refractivity contribution is 4.69. The van der Waals surface area contributed by atoms with Gasteiger partial charge in [0.1, 0.15) is 0 Å². The lowest BCUT2D eigenvalue weighted by atomic mass is 9.88. The van der Waals surface area contributed by atoms with Crippen LogP contribution in [0.25, 0.3) is 0 Å². The first kappa shape index (κ1) is 11.0. The number of hydrogen-bond donors (Lipinski definition) is 0. The first-order valence-electron chi connectivity index (χ1n) is 4.40. The van der Waals surface area contributed by atoms with E-state index in [-0.39, 0.29) is 0 Å². The van der Waals surface area contributed by atoms with Crippen LogP contribution in [-0.2, 0) is 4.74 Å². The summed E-state index contributed by atoms with van der Waals surface area (Å²) in [6.07, 6.45) is 2.33. The largest absolute Gasteiger partial charge is 0.378 e. The highest BCUT2D eigenvalue weighted by atomic mass is 16.5. The topological polar surface area (TPSA) is 9.23 Å². The predicted octanol–water partition coefficient (Wildman–Crippen LogP) is 3.05. The summed E-state index contributed by atoms with van der Waals surface area (Å²) in [4.78, 5) is 0. The van der Waals surface area contributed by atoms with Gasteiger partial charge in [-0.15, -0.1) is 0 Å². The van der Waals surface area contributed by atoms with E-state index in [1.165, 1.54) is 0 Å². The van der Waals surface area contributed by atoms with E-state index >= 15 is 0 Å². The zero-order chi connectivity index (χ0) is 8.91. The van der Waals surface area contributed by atoms with Crippen molar-refractivity contribution in [2.24, 2.45) is 5.41 Å². The molecule has 0 spiro atoms. The van der Waals surface area contributed by atoms with Gasteiger partial charge in [-0.1, -0.05) is 27.7 Å². The number of hydrogen-bond acceptors (Lipinski definition) is 1. The van der Waals surface area contributed by atoms with Crippen LogP contribution in [0.1, 0.15) is 40.5 Å².